The number of methoxy groups -OCH3 is 1. The normalized spacial score (nSPS) is 10.8. The van der Waals surface area contributed by atoms with Crippen molar-refractivity contribution in [2.24, 2.45) is 7.05 Å². The van der Waals surface area contributed by atoms with Gasteiger partial charge in [0.05, 0.1) is 12.6 Å². The number of ether oxygens (including phenoxy) is 1. The molecule has 130 valence electrons. The first-order chi connectivity index (χ1) is 12.1. The van der Waals surface area contributed by atoms with Crippen molar-refractivity contribution in [2.45, 2.75) is 19.4 Å². The first kappa shape index (κ1) is 16.8. The summed E-state index contributed by atoms with van der Waals surface area (Å²) in [6.07, 6.45) is 0.998. The van der Waals surface area contributed by atoms with Gasteiger partial charge in [0.15, 0.2) is 5.58 Å². The number of carbonyl (C=O) groups is 1. The van der Waals surface area contributed by atoms with Gasteiger partial charge in [-0.15, -0.1) is 0 Å². The Balaban J connectivity index is 1.59. The van der Waals surface area contributed by atoms with Crippen molar-refractivity contribution in [3.63, 3.8) is 0 Å². The van der Waals surface area contributed by atoms with E-state index in [0.717, 1.165) is 16.9 Å². The van der Waals surface area contributed by atoms with Crippen LogP contribution in [0, 0.1) is 0 Å². The quantitative estimate of drug-likeness (QED) is 0.748. The number of hydrogen-bond acceptors (Lipinski definition) is 4. The van der Waals surface area contributed by atoms with Gasteiger partial charge in [-0.1, -0.05) is 24.3 Å². The number of fused-ring (bicyclic) bond motifs is 1. The molecule has 0 fully saturated rings. The van der Waals surface area contributed by atoms with Crippen LogP contribution >= 0.6 is 0 Å². The van der Waals surface area contributed by atoms with E-state index >= 15 is 0 Å². The number of nitrogens with one attached hydrogen (secondary N) is 1. The van der Waals surface area contributed by atoms with Gasteiger partial charge < -0.3 is 14.5 Å². The lowest BCUT2D eigenvalue weighted by molar-refractivity contribution is -0.121. The molecule has 2 aromatic carbocycles. The minimum Gasteiger partial charge on any atom is -0.496 e. The van der Waals surface area contributed by atoms with Gasteiger partial charge in [-0.2, -0.15) is 0 Å². The van der Waals surface area contributed by atoms with Crippen molar-refractivity contribution in [1.82, 2.24) is 9.88 Å². The Kier molecular flexibility index (Phi) is 4.88. The summed E-state index contributed by atoms with van der Waals surface area (Å²) < 4.78 is 11.8. The lowest BCUT2D eigenvalue weighted by Gasteiger charge is -2.09. The molecule has 3 aromatic rings. The summed E-state index contributed by atoms with van der Waals surface area (Å²) in [5.74, 6) is 0.363. The Bertz CT molecular complexity index is 955. The average Bonchev–Trinajstić information content (AvgIpc) is 2.92. The van der Waals surface area contributed by atoms with Crippen LogP contribution in [0.15, 0.2) is 51.7 Å². The molecule has 0 atom stereocenters. The van der Waals surface area contributed by atoms with Crippen LogP contribution in [0.1, 0.15) is 17.5 Å². The molecule has 0 aliphatic heterocycles. The fraction of sp³-hybridized carbons (Fsp3) is 0.263. The van der Waals surface area contributed by atoms with Crippen LogP contribution < -0.4 is 15.8 Å². The van der Waals surface area contributed by atoms with Gasteiger partial charge in [-0.25, -0.2) is 4.79 Å². The number of oxazole rings is 1. The Morgan fingerprint density at radius 3 is 2.84 bits per heavy atom. The minimum absolute atomic E-state index is 0.0351. The Labute approximate surface area is 145 Å². The zero-order valence-corrected chi connectivity index (χ0v) is 14.2. The van der Waals surface area contributed by atoms with Crippen molar-refractivity contribution in [1.29, 1.82) is 0 Å². The lowest BCUT2D eigenvalue weighted by atomic mass is 10.1. The Morgan fingerprint density at radius 2 is 2.04 bits per heavy atom. The summed E-state index contributed by atoms with van der Waals surface area (Å²) in [5, 5.41) is 2.90. The van der Waals surface area contributed by atoms with Gasteiger partial charge in [0.2, 0.25) is 5.91 Å². The van der Waals surface area contributed by atoms with Crippen LogP contribution in [-0.4, -0.2) is 17.6 Å². The summed E-state index contributed by atoms with van der Waals surface area (Å²) >= 11 is 0. The molecule has 0 spiro atoms. The molecule has 1 N–H and O–H groups in total. The van der Waals surface area contributed by atoms with E-state index in [1.807, 2.05) is 36.4 Å². The molecular weight excluding hydrogens is 320 g/mol. The molecule has 6 heteroatoms. The van der Waals surface area contributed by atoms with Crippen LogP contribution in [0.25, 0.3) is 11.1 Å². The van der Waals surface area contributed by atoms with Crippen molar-refractivity contribution in [3.05, 3.63) is 64.1 Å². The highest BCUT2D eigenvalue weighted by Gasteiger charge is 2.09. The highest BCUT2D eigenvalue weighted by molar-refractivity contribution is 5.77. The zero-order valence-electron chi connectivity index (χ0n) is 14.2. The number of carbonyl (C=O) groups excluding carboxylic acids is 1. The first-order valence-electron chi connectivity index (χ1n) is 8.05. The largest absolute Gasteiger partial charge is 0.496 e. The third-order valence-electron chi connectivity index (χ3n) is 4.16. The molecule has 1 aromatic heterocycles. The summed E-state index contributed by atoms with van der Waals surface area (Å²) in [6.45, 7) is 0.403. The molecule has 0 aliphatic rings. The van der Waals surface area contributed by atoms with Gasteiger partial charge in [0, 0.05) is 20.0 Å². The molecule has 0 aliphatic carbocycles. The molecule has 1 heterocycles. The number of aromatic nitrogens is 1. The van der Waals surface area contributed by atoms with Gasteiger partial charge >= 0.3 is 5.76 Å². The number of rotatable bonds is 6. The topological polar surface area (TPSA) is 73.5 Å². The van der Waals surface area contributed by atoms with Crippen LogP contribution in [0.3, 0.4) is 0 Å². The number of amides is 1. The number of benzene rings is 2. The van der Waals surface area contributed by atoms with Crippen LogP contribution in [-0.2, 0) is 24.8 Å². The third kappa shape index (κ3) is 3.74. The van der Waals surface area contributed by atoms with E-state index in [9.17, 15) is 9.59 Å². The predicted molar refractivity (Wildman–Crippen MR) is 94.6 cm³/mol. The van der Waals surface area contributed by atoms with E-state index in [2.05, 4.69) is 5.32 Å². The van der Waals surface area contributed by atoms with Gasteiger partial charge in [-0.05, 0) is 35.7 Å². The van der Waals surface area contributed by atoms with Crippen molar-refractivity contribution < 1.29 is 13.9 Å². The Morgan fingerprint density at radius 1 is 1.24 bits per heavy atom. The maximum absolute atomic E-state index is 12.1. The molecule has 3 rings (SSSR count). The monoisotopic (exact) mass is 340 g/mol. The van der Waals surface area contributed by atoms with Gasteiger partial charge in [0.25, 0.3) is 0 Å². The Hall–Kier alpha value is -3.02. The van der Waals surface area contributed by atoms with Crippen molar-refractivity contribution >= 4 is 17.0 Å². The number of nitrogens with zero attached hydrogens (tertiary/aromatic N) is 1. The summed E-state index contributed by atoms with van der Waals surface area (Å²) in [7, 11) is 3.28. The molecule has 25 heavy (non-hydrogen) atoms. The molecule has 0 saturated heterocycles. The maximum Gasteiger partial charge on any atom is 0.419 e. The summed E-state index contributed by atoms with van der Waals surface area (Å²) in [4.78, 5) is 23.6. The van der Waals surface area contributed by atoms with Crippen LogP contribution in [0.2, 0.25) is 0 Å². The third-order valence-corrected chi connectivity index (χ3v) is 4.16. The minimum atomic E-state index is -0.395. The molecule has 1 amide bonds. The maximum atomic E-state index is 12.1. The summed E-state index contributed by atoms with van der Waals surface area (Å²) in [5.41, 5.74) is 3.18. The van der Waals surface area contributed by atoms with Crippen LogP contribution in [0.5, 0.6) is 5.75 Å². The van der Waals surface area contributed by atoms with E-state index in [4.69, 9.17) is 9.15 Å². The number of hydrogen-bond donors (Lipinski definition) is 1. The SMILES string of the molecule is COc1ccccc1CCC(=O)NCc1ccc2oc(=O)n(C)c2c1. The number of para-hydroxylation sites is 1. The second-order valence-corrected chi connectivity index (χ2v) is 5.82. The highest BCUT2D eigenvalue weighted by atomic mass is 16.5. The van der Waals surface area contributed by atoms with E-state index in [1.54, 1.807) is 20.2 Å². The average molecular weight is 340 g/mol. The smallest absolute Gasteiger partial charge is 0.419 e. The van der Waals surface area contributed by atoms with E-state index in [-0.39, 0.29) is 5.91 Å². The van der Waals surface area contributed by atoms with Crippen LogP contribution in [0.4, 0.5) is 0 Å². The fourth-order valence-electron chi connectivity index (χ4n) is 2.73. The number of aryl methyl sites for hydroxylation is 2. The second kappa shape index (κ2) is 7.25. The first-order valence-corrected chi connectivity index (χ1v) is 8.05. The molecule has 0 bridgehead atoms. The van der Waals surface area contributed by atoms with E-state index in [0.29, 0.717) is 30.5 Å². The predicted octanol–water partition coefficient (Wildman–Crippen LogP) is 2.39. The lowest BCUT2D eigenvalue weighted by Crippen LogP contribution is -2.23. The summed E-state index contributed by atoms with van der Waals surface area (Å²) in [6, 6.07) is 13.1. The fourth-order valence-corrected chi connectivity index (χ4v) is 2.73. The molecule has 0 saturated carbocycles. The zero-order chi connectivity index (χ0) is 17.8. The molecule has 0 unspecified atom stereocenters. The van der Waals surface area contributed by atoms with Gasteiger partial charge in [0.1, 0.15) is 5.75 Å². The standard InChI is InChI=1S/C19H20N2O4/c1-21-15-11-13(7-9-17(15)25-19(21)23)12-20-18(22)10-8-14-5-3-4-6-16(14)24-2/h3-7,9,11H,8,10,12H2,1-2H3,(H,20,22). The van der Waals surface area contributed by atoms with E-state index in [1.165, 1.54) is 4.57 Å². The second-order valence-electron chi connectivity index (χ2n) is 5.82. The van der Waals surface area contributed by atoms with E-state index < -0.39 is 5.76 Å². The molecule has 6 nitrogen and oxygen atoms in total. The molecular formula is C19H20N2O4. The molecule has 0 radical (unpaired) electrons. The van der Waals surface area contributed by atoms with Gasteiger partial charge in [-0.3, -0.25) is 9.36 Å². The van der Waals surface area contributed by atoms with Crippen molar-refractivity contribution in [2.75, 3.05) is 7.11 Å². The highest BCUT2D eigenvalue weighted by Crippen LogP contribution is 2.19. The van der Waals surface area contributed by atoms with Crippen molar-refractivity contribution in [3.8, 4) is 5.75 Å².